The molecular weight excluding hydrogens is 430 g/mol. The quantitative estimate of drug-likeness (QED) is 0.576. The van der Waals surface area contributed by atoms with Crippen molar-refractivity contribution in [1.82, 2.24) is 14.5 Å². The minimum atomic E-state index is 0.0235. The Hall–Kier alpha value is -3.11. The van der Waals surface area contributed by atoms with Crippen LogP contribution in [-0.2, 0) is 4.79 Å². The Morgan fingerprint density at radius 3 is 2.62 bits per heavy atom. The summed E-state index contributed by atoms with van der Waals surface area (Å²) in [5.74, 6) is 0.0235. The van der Waals surface area contributed by atoms with E-state index in [1.54, 1.807) is 10.7 Å². The molecule has 29 heavy (non-hydrogen) atoms. The largest absolute Gasteiger partial charge is 0.370 e. The summed E-state index contributed by atoms with van der Waals surface area (Å²) < 4.78 is 2.64. The predicted molar refractivity (Wildman–Crippen MR) is 114 cm³/mol. The number of likely N-dealkylation sites (tertiary alicyclic amines) is 1. The number of benzene rings is 1. The van der Waals surface area contributed by atoms with Crippen molar-refractivity contribution in [1.29, 1.82) is 5.26 Å². The second-order valence-electron chi connectivity index (χ2n) is 7.84. The number of fused-ring (bicyclic) bond motifs is 1. The number of rotatable bonds is 3. The highest BCUT2D eigenvalue weighted by Gasteiger charge is 2.52. The van der Waals surface area contributed by atoms with Gasteiger partial charge in [-0.05, 0) is 45.8 Å². The summed E-state index contributed by atoms with van der Waals surface area (Å²) in [5.41, 5.74) is 4.80. The monoisotopic (exact) mass is 447 g/mol. The molecule has 1 aromatic carbocycles. The van der Waals surface area contributed by atoms with E-state index in [2.05, 4.69) is 62.8 Å². The third kappa shape index (κ3) is 2.83. The van der Waals surface area contributed by atoms with Crippen molar-refractivity contribution < 1.29 is 4.79 Å². The Morgan fingerprint density at radius 2 is 1.97 bits per heavy atom. The standard InChI is InChI=1S/C22H18BrN5O/c1-2-20(29)27-13-22(14-27)11-26(12-22)18-5-3-15(4-6-18)19-7-17(23)10-28-21(19)16(8-24)9-25-28/h2-7,9-10H,1,11-14H2. The molecule has 4 heterocycles. The molecule has 0 radical (unpaired) electrons. The maximum Gasteiger partial charge on any atom is 0.245 e. The topological polar surface area (TPSA) is 64.6 Å². The molecular formula is C22H18BrN5O. The normalized spacial score (nSPS) is 17.0. The van der Waals surface area contributed by atoms with Crippen LogP contribution in [-0.4, -0.2) is 46.6 Å². The molecule has 0 aliphatic carbocycles. The predicted octanol–water partition coefficient (Wildman–Crippen LogP) is 3.47. The van der Waals surface area contributed by atoms with Gasteiger partial charge in [-0.25, -0.2) is 4.52 Å². The molecule has 144 valence electrons. The molecule has 2 fully saturated rings. The number of halogens is 1. The number of aromatic nitrogens is 2. The number of nitriles is 1. The number of carbonyl (C=O) groups excluding carboxylic acids is 1. The van der Waals surface area contributed by atoms with Crippen molar-refractivity contribution in [3.63, 3.8) is 0 Å². The van der Waals surface area contributed by atoms with E-state index in [1.807, 2.05) is 17.2 Å². The third-order valence-electron chi connectivity index (χ3n) is 5.83. The minimum Gasteiger partial charge on any atom is -0.370 e. The van der Waals surface area contributed by atoms with E-state index in [9.17, 15) is 10.1 Å². The van der Waals surface area contributed by atoms with Gasteiger partial charge in [0.1, 0.15) is 6.07 Å². The highest BCUT2D eigenvalue weighted by molar-refractivity contribution is 9.10. The Bertz CT molecular complexity index is 1180. The summed E-state index contributed by atoms with van der Waals surface area (Å²) >= 11 is 3.53. The summed E-state index contributed by atoms with van der Waals surface area (Å²) in [6.45, 7) is 7.13. The molecule has 0 unspecified atom stereocenters. The lowest BCUT2D eigenvalue weighted by atomic mass is 9.72. The average molecular weight is 448 g/mol. The van der Waals surface area contributed by atoms with Gasteiger partial charge in [-0.3, -0.25) is 4.79 Å². The molecule has 6 nitrogen and oxygen atoms in total. The van der Waals surface area contributed by atoms with Crippen LogP contribution in [0.3, 0.4) is 0 Å². The number of carbonyl (C=O) groups is 1. The van der Waals surface area contributed by atoms with E-state index >= 15 is 0 Å². The van der Waals surface area contributed by atoms with Crippen molar-refractivity contribution in [3.05, 3.63) is 65.4 Å². The zero-order chi connectivity index (χ0) is 20.2. The highest BCUT2D eigenvalue weighted by Crippen LogP contribution is 2.42. The first-order chi connectivity index (χ1) is 14.0. The zero-order valence-electron chi connectivity index (χ0n) is 15.7. The molecule has 0 saturated carbocycles. The first-order valence-corrected chi connectivity index (χ1v) is 10.1. The maximum absolute atomic E-state index is 11.7. The number of amides is 1. The number of hydrogen-bond acceptors (Lipinski definition) is 4. The van der Waals surface area contributed by atoms with Gasteiger partial charge in [-0.15, -0.1) is 0 Å². The van der Waals surface area contributed by atoms with Gasteiger partial charge in [0.2, 0.25) is 5.91 Å². The summed E-state index contributed by atoms with van der Waals surface area (Å²) in [5, 5.41) is 13.7. The van der Waals surface area contributed by atoms with Crippen LogP contribution in [0.15, 0.2) is 59.9 Å². The molecule has 0 bridgehead atoms. The molecule has 5 rings (SSSR count). The van der Waals surface area contributed by atoms with E-state index < -0.39 is 0 Å². The van der Waals surface area contributed by atoms with Gasteiger partial charge in [-0.1, -0.05) is 18.7 Å². The highest BCUT2D eigenvalue weighted by atomic mass is 79.9. The Morgan fingerprint density at radius 1 is 1.24 bits per heavy atom. The van der Waals surface area contributed by atoms with Gasteiger partial charge >= 0.3 is 0 Å². The fourth-order valence-corrected chi connectivity index (χ4v) is 4.86. The van der Waals surface area contributed by atoms with Crippen molar-refractivity contribution in [2.75, 3.05) is 31.1 Å². The SMILES string of the molecule is C=CC(=O)N1CC2(C1)CN(c1ccc(-c3cc(Br)cn4ncc(C#N)c34)cc1)C2. The number of pyridine rings is 1. The fourth-order valence-electron chi connectivity index (χ4n) is 4.44. The number of hydrogen-bond donors (Lipinski definition) is 0. The Balaban J connectivity index is 1.36. The summed E-state index contributed by atoms with van der Waals surface area (Å²) in [6, 6.07) is 12.7. The maximum atomic E-state index is 11.7. The van der Waals surface area contributed by atoms with E-state index in [0.717, 1.165) is 47.3 Å². The van der Waals surface area contributed by atoms with Gasteiger partial charge in [-0.2, -0.15) is 10.4 Å². The molecule has 1 amide bonds. The minimum absolute atomic E-state index is 0.0235. The molecule has 7 heteroatoms. The molecule has 0 atom stereocenters. The van der Waals surface area contributed by atoms with E-state index in [0.29, 0.717) is 5.56 Å². The third-order valence-corrected chi connectivity index (χ3v) is 6.27. The van der Waals surface area contributed by atoms with Crippen LogP contribution in [0, 0.1) is 16.7 Å². The smallest absolute Gasteiger partial charge is 0.245 e. The first-order valence-electron chi connectivity index (χ1n) is 9.36. The van der Waals surface area contributed by atoms with E-state index in [1.165, 1.54) is 11.8 Å². The first kappa shape index (κ1) is 18.0. The summed E-state index contributed by atoms with van der Waals surface area (Å²) in [4.78, 5) is 15.8. The van der Waals surface area contributed by atoms with E-state index in [4.69, 9.17) is 0 Å². The lowest BCUT2D eigenvalue weighted by Crippen LogP contribution is -2.73. The van der Waals surface area contributed by atoms with Crippen LogP contribution in [0.25, 0.3) is 16.6 Å². The summed E-state index contributed by atoms with van der Waals surface area (Å²) in [7, 11) is 0. The molecule has 2 aromatic heterocycles. The van der Waals surface area contributed by atoms with Gasteiger partial charge in [0.25, 0.3) is 0 Å². The molecule has 3 aromatic rings. The zero-order valence-corrected chi connectivity index (χ0v) is 17.3. The molecule has 2 aliphatic rings. The lowest BCUT2D eigenvalue weighted by Gasteiger charge is -2.60. The van der Waals surface area contributed by atoms with Crippen LogP contribution >= 0.6 is 15.9 Å². The number of anilines is 1. The number of nitrogens with zero attached hydrogens (tertiary/aromatic N) is 5. The van der Waals surface area contributed by atoms with Gasteiger partial charge in [0.15, 0.2) is 0 Å². The molecule has 2 saturated heterocycles. The van der Waals surface area contributed by atoms with Crippen LogP contribution in [0.1, 0.15) is 5.56 Å². The van der Waals surface area contributed by atoms with Crippen molar-refractivity contribution in [3.8, 4) is 17.2 Å². The fraction of sp³-hybridized carbons (Fsp3) is 0.227. The van der Waals surface area contributed by atoms with Crippen LogP contribution in [0.5, 0.6) is 0 Å². The van der Waals surface area contributed by atoms with E-state index in [-0.39, 0.29) is 11.3 Å². The van der Waals surface area contributed by atoms with Crippen LogP contribution < -0.4 is 4.90 Å². The second-order valence-corrected chi connectivity index (χ2v) is 8.75. The molecule has 0 N–H and O–H groups in total. The van der Waals surface area contributed by atoms with Crippen molar-refractivity contribution >= 4 is 33.0 Å². The molecule has 1 spiro atoms. The van der Waals surface area contributed by atoms with Crippen LogP contribution in [0.2, 0.25) is 0 Å². The van der Waals surface area contributed by atoms with Crippen LogP contribution in [0.4, 0.5) is 5.69 Å². The van der Waals surface area contributed by atoms with Gasteiger partial charge < -0.3 is 9.80 Å². The Kier molecular flexibility index (Phi) is 4.00. The van der Waals surface area contributed by atoms with Crippen molar-refractivity contribution in [2.24, 2.45) is 5.41 Å². The van der Waals surface area contributed by atoms with Crippen molar-refractivity contribution in [2.45, 2.75) is 0 Å². The summed E-state index contributed by atoms with van der Waals surface area (Å²) in [6.07, 6.45) is 4.84. The van der Waals surface area contributed by atoms with Gasteiger partial charge in [0.05, 0.1) is 17.3 Å². The van der Waals surface area contributed by atoms with Gasteiger partial charge in [0, 0.05) is 53.5 Å². The second kappa shape index (κ2) is 6.46. The average Bonchev–Trinajstić information content (AvgIpc) is 3.08. The Labute approximate surface area is 176 Å². The molecule has 2 aliphatic heterocycles. The lowest BCUT2D eigenvalue weighted by molar-refractivity contribution is -0.139.